The molecule has 2 atom stereocenters. The molecule has 1 aromatic rings. The van der Waals surface area contributed by atoms with Crippen molar-refractivity contribution in [2.45, 2.75) is 26.1 Å². The van der Waals surface area contributed by atoms with Crippen molar-refractivity contribution in [3.63, 3.8) is 0 Å². The second-order valence-electron chi connectivity index (χ2n) is 4.71. The van der Waals surface area contributed by atoms with Crippen LogP contribution in [0.5, 0.6) is 5.75 Å². The summed E-state index contributed by atoms with van der Waals surface area (Å²) in [6.07, 6.45) is 0.258. The lowest BCUT2D eigenvalue weighted by molar-refractivity contribution is -0.00518. The molecule has 0 bridgehead atoms. The highest BCUT2D eigenvalue weighted by atomic mass is 19.1. The molecule has 2 N–H and O–H groups in total. The molecule has 2 rings (SSSR count). The van der Waals surface area contributed by atoms with Gasteiger partial charge in [0, 0.05) is 25.2 Å². The normalized spacial score (nSPS) is 24.1. The number of morpholine rings is 1. The van der Waals surface area contributed by atoms with Gasteiger partial charge in [0.2, 0.25) is 0 Å². The summed E-state index contributed by atoms with van der Waals surface area (Å²) in [6, 6.07) is 2.95. The van der Waals surface area contributed by atoms with E-state index in [0.29, 0.717) is 5.69 Å². The lowest BCUT2D eigenvalue weighted by atomic mass is 10.1. The van der Waals surface area contributed by atoms with Gasteiger partial charge in [0.05, 0.1) is 30.7 Å². The SMILES string of the molecule is COc1cc(N2C[C@@H](C)O[C@@H](C)C2)c(N)cc1F. The lowest BCUT2D eigenvalue weighted by Gasteiger charge is -2.37. The van der Waals surface area contributed by atoms with E-state index >= 15 is 0 Å². The first-order valence-corrected chi connectivity index (χ1v) is 6.04. The van der Waals surface area contributed by atoms with Gasteiger partial charge in [0.25, 0.3) is 0 Å². The van der Waals surface area contributed by atoms with Gasteiger partial charge in [-0.25, -0.2) is 4.39 Å². The van der Waals surface area contributed by atoms with Gasteiger partial charge in [-0.15, -0.1) is 0 Å². The van der Waals surface area contributed by atoms with Crippen molar-refractivity contribution in [2.24, 2.45) is 0 Å². The van der Waals surface area contributed by atoms with Crippen molar-refractivity contribution in [3.8, 4) is 5.75 Å². The maximum atomic E-state index is 13.5. The van der Waals surface area contributed by atoms with Crippen LogP contribution in [0.25, 0.3) is 0 Å². The minimum Gasteiger partial charge on any atom is -0.494 e. The van der Waals surface area contributed by atoms with Crippen molar-refractivity contribution in [1.82, 2.24) is 0 Å². The quantitative estimate of drug-likeness (QED) is 0.820. The third-order valence-corrected chi connectivity index (χ3v) is 3.06. The number of nitrogens with two attached hydrogens (primary N) is 1. The maximum Gasteiger partial charge on any atom is 0.167 e. The van der Waals surface area contributed by atoms with Gasteiger partial charge >= 0.3 is 0 Å². The van der Waals surface area contributed by atoms with Crippen LogP contribution in [0.2, 0.25) is 0 Å². The first-order valence-electron chi connectivity index (χ1n) is 6.04. The van der Waals surface area contributed by atoms with E-state index < -0.39 is 5.82 Å². The third-order valence-electron chi connectivity index (χ3n) is 3.06. The molecule has 0 radical (unpaired) electrons. The number of hydrogen-bond acceptors (Lipinski definition) is 4. The van der Waals surface area contributed by atoms with Gasteiger partial charge in [0.15, 0.2) is 11.6 Å². The van der Waals surface area contributed by atoms with Crippen molar-refractivity contribution in [3.05, 3.63) is 17.9 Å². The number of benzene rings is 1. The topological polar surface area (TPSA) is 47.7 Å². The monoisotopic (exact) mass is 254 g/mol. The third kappa shape index (κ3) is 2.51. The molecule has 0 spiro atoms. The fraction of sp³-hybridized carbons (Fsp3) is 0.538. The van der Waals surface area contributed by atoms with Gasteiger partial charge in [-0.3, -0.25) is 0 Å². The van der Waals surface area contributed by atoms with Gasteiger partial charge < -0.3 is 20.1 Å². The fourth-order valence-corrected chi connectivity index (χ4v) is 2.36. The first-order chi connectivity index (χ1) is 8.51. The Bertz CT molecular complexity index is 429. The molecule has 18 heavy (non-hydrogen) atoms. The molecule has 1 aliphatic rings. The highest BCUT2D eigenvalue weighted by Crippen LogP contribution is 2.32. The van der Waals surface area contributed by atoms with Crippen LogP contribution in [-0.4, -0.2) is 32.4 Å². The highest BCUT2D eigenvalue weighted by molar-refractivity contribution is 5.70. The minimum atomic E-state index is -0.437. The maximum absolute atomic E-state index is 13.5. The van der Waals surface area contributed by atoms with Crippen LogP contribution in [0.15, 0.2) is 12.1 Å². The van der Waals surface area contributed by atoms with Crippen molar-refractivity contribution >= 4 is 11.4 Å². The average Bonchev–Trinajstić information content (AvgIpc) is 2.27. The van der Waals surface area contributed by atoms with E-state index in [1.54, 1.807) is 6.07 Å². The number of nitrogen functional groups attached to an aromatic ring is 1. The standard InChI is InChI=1S/C13H19FN2O2/c1-8-6-16(7-9(2)18-8)12-5-13(17-3)10(14)4-11(12)15/h4-5,8-9H,6-7,15H2,1-3H3/t8-,9+. The largest absolute Gasteiger partial charge is 0.494 e. The van der Waals surface area contributed by atoms with E-state index in [9.17, 15) is 4.39 Å². The smallest absolute Gasteiger partial charge is 0.167 e. The number of methoxy groups -OCH3 is 1. The van der Waals surface area contributed by atoms with Crippen LogP contribution in [0, 0.1) is 5.82 Å². The summed E-state index contributed by atoms with van der Waals surface area (Å²) in [5.74, 6) is -0.223. The Morgan fingerprint density at radius 1 is 1.33 bits per heavy atom. The molecule has 1 fully saturated rings. The fourth-order valence-electron chi connectivity index (χ4n) is 2.36. The molecule has 0 aliphatic carbocycles. The van der Waals surface area contributed by atoms with E-state index in [1.807, 2.05) is 13.8 Å². The molecule has 0 amide bonds. The van der Waals surface area contributed by atoms with Crippen molar-refractivity contribution in [1.29, 1.82) is 0 Å². The molecule has 0 unspecified atom stereocenters. The summed E-state index contributed by atoms with van der Waals surface area (Å²) in [5.41, 5.74) is 7.12. The second kappa shape index (κ2) is 5.02. The summed E-state index contributed by atoms with van der Waals surface area (Å²) >= 11 is 0. The molecular weight excluding hydrogens is 235 g/mol. The minimum absolute atomic E-state index is 0.129. The predicted octanol–water partition coefficient (Wildman–Crippen LogP) is 2.03. The molecule has 1 aromatic carbocycles. The number of ether oxygens (including phenoxy) is 2. The van der Waals surface area contributed by atoms with E-state index in [0.717, 1.165) is 18.8 Å². The van der Waals surface area contributed by atoms with Crippen LogP contribution < -0.4 is 15.4 Å². The molecule has 100 valence electrons. The molecule has 5 heteroatoms. The van der Waals surface area contributed by atoms with Crippen LogP contribution in [0.4, 0.5) is 15.8 Å². The van der Waals surface area contributed by atoms with Gasteiger partial charge in [0.1, 0.15) is 0 Å². The van der Waals surface area contributed by atoms with E-state index in [-0.39, 0.29) is 18.0 Å². The summed E-state index contributed by atoms with van der Waals surface area (Å²) in [4.78, 5) is 2.11. The number of nitrogens with zero attached hydrogens (tertiary/aromatic N) is 1. The Labute approximate surface area is 106 Å². The molecule has 0 saturated carbocycles. The number of anilines is 2. The number of rotatable bonds is 2. The predicted molar refractivity (Wildman–Crippen MR) is 69.6 cm³/mol. The Kier molecular flexibility index (Phi) is 3.61. The summed E-state index contributed by atoms with van der Waals surface area (Å²) in [7, 11) is 1.45. The summed E-state index contributed by atoms with van der Waals surface area (Å²) < 4.78 is 24.2. The molecule has 1 saturated heterocycles. The number of hydrogen-bond donors (Lipinski definition) is 1. The van der Waals surface area contributed by atoms with Crippen LogP contribution in [0.3, 0.4) is 0 Å². The second-order valence-corrected chi connectivity index (χ2v) is 4.71. The Morgan fingerprint density at radius 3 is 2.50 bits per heavy atom. The first kappa shape index (κ1) is 13.0. The van der Waals surface area contributed by atoms with E-state index in [4.69, 9.17) is 15.2 Å². The summed E-state index contributed by atoms with van der Waals surface area (Å²) in [5, 5.41) is 0. The van der Waals surface area contributed by atoms with Crippen molar-refractivity contribution in [2.75, 3.05) is 30.8 Å². The Balaban J connectivity index is 2.32. The average molecular weight is 254 g/mol. The molecular formula is C13H19FN2O2. The highest BCUT2D eigenvalue weighted by Gasteiger charge is 2.24. The zero-order valence-electron chi connectivity index (χ0n) is 10.9. The van der Waals surface area contributed by atoms with E-state index in [2.05, 4.69) is 4.90 Å². The van der Waals surface area contributed by atoms with Crippen molar-refractivity contribution < 1.29 is 13.9 Å². The number of halogens is 1. The molecule has 0 aromatic heterocycles. The van der Waals surface area contributed by atoms with E-state index in [1.165, 1.54) is 13.2 Å². The zero-order valence-corrected chi connectivity index (χ0v) is 10.9. The molecule has 4 nitrogen and oxygen atoms in total. The zero-order chi connectivity index (χ0) is 13.3. The van der Waals surface area contributed by atoms with Gasteiger partial charge in [-0.05, 0) is 13.8 Å². The van der Waals surface area contributed by atoms with Gasteiger partial charge in [-0.1, -0.05) is 0 Å². The van der Waals surface area contributed by atoms with Gasteiger partial charge in [-0.2, -0.15) is 0 Å². The Morgan fingerprint density at radius 2 is 1.94 bits per heavy atom. The summed E-state index contributed by atoms with van der Waals surface area (Å²) in [6.45, 7) is 5.51. The lowest BCUT2D eigenvalue weighted by Crippen LogP contribution is -2.45. The van der Waals surface area contributed by atoms with Crippen LogP contribution >= 0.6 is 0 Å². The molecule has 1 heterocycles. The Hall–Kier alpha value is -1.49. The van der Waals surface area contributed by atoms with Crippen LogP contribution in [0.1, 0.15) is 13.8 Å². The molecule has 1 aliphatic heterocycles. The van der Waals surface area contributed by atoms with Crippen LogP contribution in [-0.2, 0) is 4.74 Å².